The second-order valence-electron chi connectivity index (χ2n) is 6.51. The van der Waals surface area contributed by atoms with E-state index in [0.717, 1.165) is 16.9 Å². The van der Waals surface area contributed by atoms with Gasteiger partial charge < -0.3 is 10.2 Å². The number of fused-ring (bicyclic) bond motifs is 2. The van der Waals surface area contributed by atoms with Crippen LogP contribution in [0.25, 0.3) is 0 Å². The van der Waals surface area contributed by atoms with E-state index in [-0.39, 0.29) is 11.9 Å². The average molecular weight is 375 g/mol. The highest BCUT2D eigenvalue weighted by Crippen LogP contribution is 2.47. The maximum Gasteiger partial charge on any atom is 0.222 e. The van der Waals surface area contributed by atoms with Crippen molar-refractivity contribution in [2.24, 2.45) is 0 Å². The lowest BCUT2D eigenvalue weighted by Crippen LogP contribution is -2.31. The first-order valence-corrected chi connectivity index (χ1v) is 9.87. The van der Waals surface area contributed by atoms with Crippen LogP contribution in [-0.2, 0) is 4.79 Å². The van der Waals surface area contributed by atoms with Crippen molar-refractivity contribution in [3.63, 3.8) is 0 Å². The van der Waals surface area contributed by atoms with Crippen LogP contribution in [0.15, 0.2) is 82.8 Å². The summed E-state index contributed by atoms with van der Waals surface area (Å²) >= 11 is 1.78. The molecular weight excluding hydrogens is 354 g/mol. The van der Waals surface area contributed by atoms with E-state index < -0.39 is 0 Å². The van der Waals surface area contributed by atoms with Gasteiger partial charge in [-0.1, -0.05) is 36.0 Å². The van der Waals surface area contributed by atoms with E-state index in [0.29, 0.717) is 13.0 Å². The van der Waals surface area contributed by atoms with Gasteiger partial charge in [-0.3, -0.25) is 9.78 Å². The Bertz CT molecular complexity index is 900. The molecule has 1 atom stereocenters. The molecule has 0 bridgehead atoms. The molecule has 1 aliphatic rings. The van der Waals surface area contributed by atoms with Crippen LogP contribution < -0.4 is 10.2 Å². The van der Waals surface area contributed by atoms with Crippen LogP contribution in [0, 0.1) is 0 Å². The fourth-order valence-electron chi connectivity index (χ4n) is 3.28. The van der Waals surface area contributed by atoms with Crippen LogP contribution in [0.4, 0.5) is 11.4 Å². The minimum atomic E-state index is -0.0306. The molecule has 1 N–H and O–H groups in total. The predicted molar refractivity (Wildman–Crippen MR) is 109 cm³/mol. The summed E-state index contributed by atoms with van der Waals surface area (Å²) in [4.78, 5) is 21.3. The van der Waals surface area contributed by atoms with Gasteiger partial charge in [0.15, 0.2) is 0 Å². The van der Waals surface area contributed by atoms with E-state index in [4.69, 9.17) is 0 Å². The van der Waals surface area contributed by atoms with Gasteiger partial charge in [-0.15, -0.1) is 0 Å². The summed E-state index contributed by atoms with van der Waals surface area (Å²) in [5, 5.41) is 3.09. The lowest BCUT2D eigenvalue weighted by Gasteiger charge is -2.32. The number of nitrogens with one attached hydrogen (secondary N) is 1. The number of benzene rings is 2. The first-order valence-electron chi connectivity index (χ1n) is 9.05. The summed E-state index contributed by atoms with van der Waals surface area (Å²) in [5.74, 6) is 0.0486. The molecule has 0 radical (unpaired) electrons. The second-order valence-corrected chi connectivity index (χ2v) is 7.59. The van der Waals surface area contributed by atoms with Crippen LogP contribution >= 0.6 is 11.8 Å². The van der Waals surface area contributed by atoms with Crippen molar-refractivity contribution < 1.29 is 4.79 Å². The molecule has 2 heterocycles. The minimum Gasteiger partial charge on any atom is -0.350 e. The highest BCUT2D eigenvalue weighted by atomic mass is 32.2. The molecule has 1 unspecified atom stereocenters. The van der Waals surface area contributed by atoms with Crippen LogP contribution in [0.1, 0.15) is 24.9 Å². The van der Waals surface area contributed by atoms with E-state index in [1.807, 2.05) is 31.2 Å². The van der Waals surface area contributed by atoms with Gasteiger partial charge in [-0.05, 0) is 48.9 Å². The zero-order valence-corrected chi connectivity index (χ0v) is 15.9. The molecule has 2 aromatic carbocycles. The Morgan fingerprint density at radius 1 is 1.00 bits per heavy atom. The number of nitrogens with zero attached hydrogens (tertiary/aromatic N) is 2. The number of aromatic nitrogens is 1. The quantitative estimate of drug-likeness (QED) is 0.685. The summed E-state index contributed by atoms with van der Waals surface area (Å²) in [5.41, 5.74) is 3.38. The number of para-hydroxylation sites is 2. The van der Waals surface area contributed by atoms with Gasteiger partial charge in [0.2, 0.25) is 5.91 Å². The Labute approximate surface area is 163 Å². The molecule has 1 aromatic heterocycles. The van der Waals surface area contributed by atoms with Gasteiger partial charge >= 0.3 is 0 Å². The fourth-order valence-corrected chi connectivity index (χ4v) is 4.38. The number of hydrogen-bond acceptors (Lipinski definition) is 4. The SMILES string of the molecule is CC(NC(=O)CCN1c2ccccc2Sc2ccccc21)c1ccncc1. The molecule has 5 heteroatoms. The van der Waals surface area contributed by atoms with Gasteiger partial charge in [0.1, 0.15) is 0 Å². The number of rotatable bonds is 5. The summed E-state index contributed by atoms with van der Waals surface area (Å²) in [6.45, 7) is 2.64. The highest BCUT2D eigenvalue weighted by Gasteiger charge is 2.23. The van der Waals surface area contributed by atoms with E-state index in [9.17, 15) is 4.79 Å². The molecule has 4 nitrogen and oxygen atoms in total. The summed E-state index contributed by atoms with van der Waals surface area (Å²) < 4.78 is 0. The normalized spacial score (nSPS) is 13.4. The number of carbonyl (C=O) groups is 1. The van der Waals surface area contributed by atoms with E-state index >= 15 is 0 Å². The maximum atomic E-state index is 12.5. The lowest BCUT2D eigenvalue weighted by molar-refractivity contribution is -0.121. The van der Waals surface area contributed by atoms with Gasteiger partial charge in [-0.25, -0.2) is 0 Å². The van der Waals surface area contributed by atoms with Gasteiger partial charge in [0.05, 0.1) is 17.4 Å². The zero-order chi connectivity index (χ0) is 18.6. The Morgan fingerprint density at radius 2 is 1.59 bits per heavy atom. The molecule has 136 valence electrons. The molecular formula is C22H21N3OS. The molecule has 27 heavy (non-hydrogen) atoms. The van der Waals surface area contributed by atoms with E-state index in [1.54, 1.807) is 24.2 Å². The lowest BCUT2D eigenvalue weighted by atomic mass is 10.1. The van der Waals surface area contributed by atoms with Crippen molar-refractivity contribution in [1.82, 2.24) is 10.3 Å². The Morgan fingerprint density at radius 3 is 2.22 bits per heavy atom. The zero-order valence-electron chi connectivity index (χ0n) is 15.1. The first kappa shape index (κ1) is 17.6. The molecule has 0 saturated heterocycles. The molecule has 1 amide bonds. The van der Waals surface area contributed by atoms with Crippen LogP contribution in [-0.4, -0.2) is 17.4 Å². The van der Waals surface area contributed by atoms with Gasteiger partial charge in [-0.2, -0.15) is 0 Å². The molecule has 0 saturated carbocycles. The van der Waals surface area contributed by atoms with Crippen molar-refractivity contribution in [2.75, 3.05) is 11.4 Å². The number of hydrogen-bond donors (Lipinski definition) is 1. The molecule has 0 spiro atoms. The molecule has 0 aliphatic carbocycles. The van der Waals surface area contributed by atoms with Gasteiger partial charge in [0, 0.05) is 35.2 Å². The van der Waals surface area contributed by atoms with E-state index in [2.05, 4.69) is 51.6 Å². The van der Waals surface area contributed by atoms with E-state index in [1.165, 1.54) is 9.79 Å². The summed E-state index contributed by atoms with van der Waals surface area (Å²) in [6, 6.07) is 20.5. The molecule has 0 fully saturated rings. The van der Waals surface area contributed by atoms with Crippen molar-refractivity contribution in [3.05, 3.63) is 78.6 Å². The molecule has 1 aliphatic heterocycles. The highest BCUT2D eigenvalue weighted by molar-refractivity contribution is 7.99. The third-order valence-electron chi connectivity index (χ3n) is 4.68. The van der Waals surface area contributed by atoms with Crippen LogP contribution in [0.5, 0.6) is 0 Å². The molecule has 3 aromatic rings. The minimum absolute atomic E-state index is 0.0306. The van der Waals surface area contributed by atoms with Crippen molar-refractivity contribution in [2.45, 2.75) is 29.2 Å². The standard InChI is InChI=1S/C22H21N3OS/c1-16(17-10-13-23-14-11-17)24-22(26)12-15-25-18-6-2-4-8-20(18)27-21-9-5-3-7-19(21)25/h2-11,13-14,16H,12,15H2,1H3,(H,24,26). The largest absolute Gasteiger partial charge is 0.350 e. The third-order valence-corrected chi connectivity index (χ3v) is 5.81. The fraction of sp³-hybridized carbons (Fsp3) is 0.182. The topological polar surface area (TPSA) is 45.2 Å². The smallest absolute Gasteiger partial charge is 0.222 e. The number of pyridine rings is 1. The number of amides is 1. The van der Waals surface area contributed by atoms with Gasteiger partial charge in [0.25, 0.3) is 0 Å². The Kier molecular flexibility index (Phi) is 5.12. The Balaban J connectivity index is 1.47. The summed E-state index contributed by atoms with van der Waals surface area (Å²) in [7, 11) is 0. The summed E-state index contributed by atoms with van der Waals surface area (Å²) in [6.07, 6.45) is 3.93. The second kappa shape index (κ2) is 7.84. The van der Waals surface area contributed by atoms with Crippen LogP contribution in [0.2, 0.25) is 0 Å². The first-order chi connectivity index (χ1) is 13.2. The molecule has 4 rings (SSSR count). The third kappa shape index (κ3) is 3.83. The predicted octanol–water partition coefficient (Wildman–Crippen LogP) is 4.95. The monoisotopic (exact) mass is 375 g/mol. The number of anilines is 2. The van der Waals surface area contributed by atoms with Crippen molar-refractivity contribution in [1.29, 1.82) is 0 Å². The van der Waals surface area contributed by atoms with Crippen molar-refractivity contribution in [3.8, 4) is 0 Å². The number of carbonyl (C=O) groups excluding carboxylic acids is 1. The van der Waals surface area contributed by atoms with Crippen LogP contribution in [0.3, 0.4) is 0 Å². The van der Waals surface area contributed by atoms with Crippen molar-refractivity contribution >= 4 is 29.0 Å². The average Bonchev–Trinajstić information content (AvgIpc) is 2.71. The Hall–Kier alpha value is -2.79. The maximum absolute atomic E-state index is 12.5.